The number of epoxide rings is 1. The predicted octanol–water partition coefficient (Wildman–Crippen LogP) is 6.30. The molecule has 1 saturated carbocycles. The van der Waals surface area contributed by atoms with Crippen molar-refractivity contribution in [2.75, 3.05) is 45.4 Å². The van der Waals surface area contributed by atoms with Crippen LogP contribution in [0.2, 0.25) is 0 Å². The van der Waals surface area contributed by atoms with E-state index in [2.05, 4.69) is 20.1 Å². The Balaban J connectivity index is 0.867. The number of hydrogen-bond acceptors (Lipinski definition) is 10. The fourth-order valence-corrected chi connectivity index (χ4v) is 9.95. The zero-order valence-electron chi connectivity index (χ0n) is 25.0. The van der Waals surface area contributed by atoms with Crippen LogP contribution in [0.5, 0.6) is 0 Å². The van der Waals surface area contributed by atoms with Crippen molar-refractivity contribution in [2.45, 2.75) is 94.5 Å². The van der Waals surface area contributed by atoms with E-state index in [9.17, 15) is 9.59 Å². The number of rotatable bonds is 18. The summed E-state index contributed by atoms with van der Waals surface area (Å²) in [6, 6.07) is 0. The van der Waals surface area contributed by atoms with Gasteiger partial charge >= 0.3 is 11.9 Å². The van der Waals surface area contributed by atoms with E-state index in [1.54, 1.807) is 0 Å². The largest absolute Gasteiger partial charge is 0.496 e. The zero-order valence-corrected chi connectivity index (χ0v) is 26.6. The first-order valence-corrected chi connectivity index (χ1v) is 17.9. The maximum atomic E-state index is 12.5. The summed E-state index contributed by atoms with van der Waals surface area (Å²) in [6.45, 7) is 12.7. The topological polar surface area (TPSA) is 92.8 Å². The minimum atomic E-state index is -0.392. The number of cyclic esters (lactones) is 1. The minimum absolute atomic E-state index is 0.0312. The third-order valence-electron chi connectivity index (χ3n) is 9.37. The van der Waals surface area contributed by atoms with E-state index in [4.69, 9.17) is 28.4 Å². The van der Waals surface area contributed by atoms with Crippen molar-refractivity contribution < 1.29 is 38.0 Å². The van der Waals surface area contributed by atoms with E-state index in [1.807, 2.05) is 21.6 Å². The molecule has 5 aliphatic rings. The lowest BCUT2D eigenvalue weighted by molar-refractivity contribution is -0.146. The molecule has 234 valence electrons. The zero-order chi connectivity index (χ0) is 29.6. The molecule has 5 unspecified atom stereocenters. The lowest BCUT2D eigenvalue weighted by Gasteiger charge is -2.45. The molecule has 0 bridgehead atoms. The summed E-state index contributed by atoms with van der Waals surface area (Å²) in [5.41, 5.74) is 1.70. The van der Waals surface area contributed by atoms with Gasteiger partial charge in [0, 0.05) is 29.4 Å². The Morgan fingerprint density at radius 3 is 2.60 bits per heavy atom. The summed E-state index contributed by atoms with van der Waals surface area (Å²) < 4.78 is 33.9. The van der Waals surface area contributed by atoms with Crippen LogP contribution in [0.3, 0.4) is 0 Å². The summed E-state index contributed by atoms with van der Waals surface area (Å²) in [6.07, 6.45) is 9.96. The van der Waals surface area contributed by atoms with Crippen molar-refractivity contribution >= 4 is 33.5 Å². The quantitative estimate of drug-likeness (QED) is 0.0570. The average molecular weight is 623 g/mol. The van der Waals surface area contributed by atoms with Crippen molar-refractivity contribution in [1.82, 2.24) is 0 Å². The highest BCUT2D eigenvalue weighted by Gasteiger charge is 2.67. The Kier molecular flexibility index (Phi) is 10.9. The van der Waals surface area contributed by atoms with Gasteiger partial charge in [0.05, 0.1) is 37.3 Å². The molecule has 0 aromatic heterocycles. The van der Waals surface area contributed by atoms with E-state index in [0.29, 0.717) is 51.1 Å². The minimum Gasteiger partial charge on any atom is -0.496 e. The normalized spacial score (nSPS) is 31.1. The first-order chi connectivity index (χ1) is 20.3. The van der Waals surface area contributed by atoms with E-state index < -0.39 is 5.60 Å². The first-order valence-electron chi connectivity index (χ1n) is 15.5. The van der Waals surface area contributed by atoms with Gasteiger partial charge in [-0.1, -0.05) is 48.1 Å². The number of unbranched alkanes of at least 4 members (excludes halogenated alkanes) is 1. The van der Waals surface area contributed by atoms with E-state index in [1.165, 1.54) is 30.6 Å². The van der Waals surface area contributed by atoms with Gasteiger partial charge in [-0.15, -0.1) is 0 Å². The molecule has 8 nitrogen and oxygen atoms in total. The lowest BCUT2D eigenvalue weighted by Crippen LogP contribution is -2.45. The fourth-order valence-electron chi connectivity index (χ4n) is 6.92. The Bertz CT molecular complexity index is 1050. The molecule has 0 N–H and O–H groups in total. The molecule has 0 aromatic carbocycles. The summed E-state index contributed by atoms with van der Waals surface area (Å²) >= 11 is 0. The van der Waals surface area contributed by atoms with Crippen LogP contribution in [0.15, 0.2) is 35.8 Å². The smallest absolute Gasteiger partial charge is 0.334 e. The van der Waals surface area contributed by atoms with Crippen LogP contribution in [0, 0.1) is 11.3 Å². The van der Waals surface area contributed by atoms with E-state index in [0.717, 1.165) is 55.1 Å². The number of ether oxygens (including phenoxy) is 6. The molecule has 3 heterocycles. The molecule has 0 radical (unpaired) electrons. The maximum Gasteiger partial charge on any atom is 0.334 e. The maximum absolute atomic E-state index is 12.5. The summed E-state index contributed by atoms with van der Waals surface area (Å²) in [5.74, 6) is 2.55. The van der Waals surface area contributed by atoms with Gasteiger partial charge in [0.1, 0.15) is 32.0 Å². The van der Waals surface area contributed by atoms with Crippen LogP contribution in [0.4, 0.5) is 0 Å². The Hall–Kier alpha value is -1.62. The number of carbonyl (C=O) groups is 2. The Morgan fingerprint density at radius 2 is 1.83 bits per heavy atom. The average Bonchev–Trinajstić information content (AvgIpc) is 3.24. The van der Waals surface area contributed by atoms with Crippen LogP contribution in [0.25, 0.3) is 0 Å². The highest BCUT2D eigenvalue weighted by molar-refractivity contribution is 8.77. The van der Waals surface area contributed by atoms with Gasteiger partial charge in [0.15, 0.2) is 0 Å². The molecule has 3 fully saturated rings. The number of allylic oxidation sites excluding steroid dienone is 2. The molecule has 0 aromatic rings. The Labute approximate surface area is 258 Å². The molecule has 2 aliphatic carbocycles. The first kappa shape index (κ1) is 31.8. The third-order valence-corrected chi connectivity index (χ3v) is 12.4. The van der Waals surface area contributed by atoms with Crippen LogP contribution >= 0.6 is 21.6 Å². The molecule has 0 amide bonds. The Morgan fingerprint density at radius 1 is 1.05 bits per heavy atom. The molecular formula is C32H46O8S2. The highest BCUT2D eigenvalue weighted by Crippen LogP contribution is 2.63. The molecule has 5 rings (SSSR count). The molecule has 5 atom stereocenters. The molecule has 2 saturated heterocycles. The second-order valence-electron chi connectivity index (χ2n) is 12.5. The summed E-state index contributed by atoms with van der Waals surface area (Å²) in [4.78, 5) is 24.5. The molecular weight excluding hydrogens is 576 g/mol. The third kappa shape index (κ3) is 8.10. The van der Waals surface area contributed by atoms with Gasteiger partial charge in [-0.2, -0.15) is 0 Å². The lowest BCUT2D eigenvalue weighted by atomic mass is 9.57. The second-order valence-corrected chi connectivity index (χ2v) is 15.3. The summed E-state index contributed by atoms with van der Waals surface area (Å²) in [7, 11) is 4.03. The van der Waals surface area contributed by atoms with E-state index >= 15 is 0 Å². The molecule has 10 heteroatoms. The number of carbonyl (C=O) groups excluding carboxylic acids is 2. The van der Waals surface area contributed by atoms with Crippen LogP contribution in [-0.4, -0.2) is 74.3 Å². The van der Waals surface area contributed by atoms with Crippen molar-refractivity contribution in [3.05, 3.63) is 35.8 Å². The van der Waals surface area contributed by atoms with Gasteiger partial charge in [0.25, 0.3) is 0 Å². The van der Waals surface area contributed by atoms with Crippen LogP contribution < -0.4 is 0 Å². The number of fused-ring (bicyclic) bond motifs is 3. The fraction of sp³-hybridized carbons (Fsp3) is 0.750. The number of esters is 2. The molecule has 0 spiro atoms. The monoisotopic (exact) mass is 622 g/mol. The molecule has 42 heavy (non-hydrogen) atoms. The van der Waals surface area contributed by atoms with Gasteiger partial charge in [-0.05, 0) is 61.9 Å². The van der Waals surface area contributed by atoms with Crippen molar-refractivity contribution in [3.63, 3.8) is 0 Å². The van der Waals surface area contributed by atoms with Gasteiger partial charge < -0.3 is 28.4 Å². The van der Waals surface area contributed by atoms with Gasteiger partial charge in [-0.3, -0.25) is 4.79 Å². The van der Waals surface area contributed by atoms with Crippen LogP contribution in [0.1, 0.15) is 77.6 Å². The second kappa shape index (κ2) is 14.4. The van der Waals surface area contributed by atoms with Crippen molar-refractivity contribution in [2.24, 2.45) is 11.3 Å². The predicted molar refractivity (Wildman–Crippen MR) is 164 cm³/mol. The van der Waals surface area contributed by atoms with Crippen molar-refractivity contribution in [3.8, 4) is 0 Å². The number of hydrogen-bond donors (Lipinski definition) is 0. The van der Waals surface area contributed by atoms with E-state index in [-0.39, 0.29) is 36.5 Å². The standard InChI is InChI=1S/C32H46O8S2/c1-22(6-4-5-7-24-11-17-41-42-24)36-15-13-35-14-16-37-23(2)8-9-29(33)39-21-32-20-31(3)12-10-25-26(19-38-30(25)34)27(31)18-28(32)40-32/h24,27-28H,1-2,4-21H2,3H3. The van der Waals surface area contributed by atoms with Gasteiger partial charge in [-0.25, -0.2) is 4.79 Å². The van der Waals surface area contributed by atoms with Crippen LogP contribution in [-0.2, 0) is 38.0 Å². The SMILES string of the molecule is C=C(CCCCC1CCSS1)OCCOCCOC(=C)CCC(=O)OCC12CC3(C)CCC4=C(COC4=O)C3CC1O2. The molecule has 3 aliphatic heterocycles. The summed E-state index contributed by atoms with van der Waals surface area (Å²) in [5, 5.41) is 0.830. The van der Waals surface area contributed by atoms with Gasteiger partial charge in [0.2, 0.25) is 0 Å². The highest BCUT2D eigenvalue weighted by atomic mass is 33.1. The van der Waals surface area contributed by atoms with Crippen molar-refractivity contribution in [1.29, 1.82) is 0 Å².